The largest absolute Gasteiger partial charge is 0.385 e. The molecule has 2 aromatic carbocycles. The Morgan fingerprint density at radius 1 is 1.27 bits per heavy atom. The Labute approximate surface area is 130 Å². The topological polar surface area (TPSA) is 62.1 Å². The first-order valence-electron chi connectivity index (χ1n) is 7.12. The first-order chi connectivity index (χ1) is 10.7. The maximum absolute atomic E-state index is 12.0. The lowest BCUT2D eigenvalue weighted by molar-refractivity contribution is -0.117. The van der Waals surface area contributed by atoms with Gasteiger partial charge in [0, 0.05) is 20.3 Å². The van der Waals surface area contributed by atoms with Gasteiger partial charge in [0.1, 0.15) is 11.6 Å². The van der Waals surface area contributed by atoms with Gasteiger partial charge in [0.2, 0.25) is 0 Å². The molecule has 0 heterocycles. The maximum Gasteiger partial charge on any atom is 0.261 e. The van der Waals surface area contributed by atoms with Gasteiger partial charge in [-0.2, -0.15) is 5.26 Å². The van der Waals surface area contributed by atoms with E-state index in [-0.39, 0.29) is 11.5 Å². The van der Waals surface area contributed by atoms with Crippen LogP contribution in [0.5, 0.6) is 0 Å². The minimum atomic E-state index is -0.355. The molecule has 0 atom stereocenters. The van der Waals surface area contributed by atoms with Crippen molar-refractivity contribution in [3.8, 4) is 6.07 Å². The van der Waals surface area contributed by atoms with Crippen molar-refractivity contribution in [3.63, 3.8) is 0 Å². The van der Waals surface area contributed by atoms with E-state index >= 15 is 0 Å². The zero-order valence-corrected chi connectivity index (χ0v) is 12.5. The Bertz CT molecular complexity index is 729. The molecular weight excluding hydrogens is 276 g/mol. The molecule has 0 aromatic heterocycles. The molecule has 0 spiro atoms. The summed E-state index contributed by atoms with van der Waals surface area (Å²) in [7, 11) is 1.61. The number of fused-ring (bicyclic) bond motifs is 1. The molecular formula is C18H18N2O2. The Balaban J connectivity index is 2.12. The van der Waals surface area contributed by atoms with Crippen LogP contribution in [0.4, 0.5) is 0 Å². The molecule has 0 aliphatic rings. The zero-order valence-electron chi connectivity index (χ0n) is 12.5. The Kier molecular flexibility index (Phi) is 5.70. The van der Waals surface area contributed by atoms with Crippen LogP contribution in [-0.2, 0) is 9.53 Å². The molecule has 2 rings (SSSR count). The third kappa shape index (κ3) is 4.18. The normalized spacial score (nSPS) is 11.2. The molecule has 0 fully saturated rings. The highest BCUT2D eigenvalue weighted by Crippen LogP contribution is 2.17. The number of benzene rings is 2. The fraction of sp³-hybridized carbons (Fsp3) is 0.222. The molecule has 4 heteroatoms. The predicted octanol–water partition coefficient (Wildman–Crippen LogP) is 2.90. The molecule has 0 saturated carbocycles. The smallest absolute Gasteiger partial charge is 0.261 e. The van der Waals surface area contributed by atoms with Crippen molar-refractivity contribution in [2.24, 2.45) is 0 Å². The second kappa shape index (κ2) is 7.96. The van der Waals surface area contributed by atoms with Gasteiger partial charge in [0.05, 0.1) is 0 Å². The van der Waals surface area contributed by atoms with E-state index in [0.717, 1.165) is 22.8 Å². The molecule has 0 aliphatic carbocycles. The van der Waals surface area contributed by atoms with Crippen LogP contribution in [-0.4, -0.2) is 26.2 Å². The number of carbonyl (C=O) groups excluding carboxylic acids is 1. The van der Waals surface area contributed by atoms with Crippen molar-refractivity contribution in [1.29, 1.82) is 5.26 Å². The number of nitriles is 1. The summed E-state index contributed by atoms with van der Waals surface area (Å²) in [6, 6.07) is 15.8. The third-order valence-corrected chi connectivity index (χ3v) is 3.26. The number of methoxy groups -OCH3 is 1. The summed E-state index contributed by atoms with van der Waals surface area (Å²) in [6.07, 6.45) is 2.33. The first kappa shape index (κ1) is 15.7. The van der Waals surface area contributed by atoms with Crippen molar-refractivity contribution in [2.45, 2.75) is 6.42 Å². The Hall–Kier alpha value is -2.64. The minimum Gasteiger partial charge on any atom is -0.385 e. The van der Waals surface area contributed by atoms with E-state index in [2.05, 4.69) is 5.32 Å². The van der Waals surface area contributed by atoms with Gasteiger partial charge in [0.15, 0.2) is 0 Å². The second-order valence-electron chi connectivity index (χ2n) is 4.88. The predicted molar refractivity (Wildman–Crippen MR) is 87.0 cm³/mol. The van der Waals surface area contributed by atoms with Gasteiger partial charge in [-0.25, -0.2) is 0 Å². The van der Waals surface area contributed by atoms with Crippen LogP contribution in [0, 0.1) is 11.3 Å². The van der Waals surface area contributed by atoms with E-state index in [1.54, 1.807) is 13.2 Å². The number of hydrogen-bond acceptors (Lipinski definition) is 3. The van der Waals surface area contributed by atoms with Crippen LogP contribution in [0.3, 0.4) is 0 Å². The second-order valence-corrected chi connectivity index (χ2v) is 4.88. The van der Waals surface area contributed by atoms with E-state index in [4.69, 9.17) is 10.00 Å². The molecule has 4 nitrogen and oxygen atoms in total. The Morgan fingerprint density at radius 3 is 2.77 bits per heavy atom. The summed E-state index contributed by atoms with van der Waals surface area (Å²) in [5, 5.41) is 14.1. The number of nitrogens with one attached hydrogen (secondary N) is 1. The standard InChI is InChI=1S/C18H18N2O2/c1-22-10-4-9-20-18(21)17(13-19)12-14-7-8-15-5-2-3-6-16(15)11-14/h2-3,5-8,11-12H,4,9-10H2,1H3,(H,20,21)/b17-12+. The monoisotopic (exact) mass is 294 g/mol. The van der Waals surface area contributed by atoms with Gasteiger partial charge in [-0.1, -0.05) is 36.4 Å². The van der Waals surface area contributed by atoms with E-state index < -0.39 is 0 Å². The fourth-order valence-electron chi connectivity index (χ4n) is 2.13. The number of amides is 1. The fourth-order valence-corrected chi connectivity index (χ4v) is 2.13. The molecule has 2 aromatic rings. The average molecular weight is 294 g/mol. The van der Waals surface area contributed by atoms with E-state index in [1.165, 1.54) is 0 Å². The van der Waals surface area contributed by atoms with Crippen LogP contribution in [0.2, 0.25) is 0 Å². The highest BCUT2D eigenvalue weighted by molar-refractivity contribution is 6.02. The van der Waals surface area contributed by atoms with Crippen molar-refractivity contribution >= 4 is 22.8 Å². The lowest BCUT2D eigenvalue weighted by Gasteiger charge is -2.04. The van der Waals surface area contributed by atoms with Gasteiger partial charge in [0.25, 0.3) is 5.91 Å². The summed E-state index contributed by atoms with van der Waals surface area (Å²) in [4.78, 5) is 12.0. The van der Waals surface area contributed by atoms with Crippen LogP contribution in [0.25, 0.3) is 16.8 Å². The van der Waals surface area contributed by atoms with E-state index in [9.17, 15) is 4.79 Å². The van der Waals surface area contributed by atoms with Crippen LogP contribution in [0.1, 0.15) is 12.0 Å². The molecule has 0 saturated heterocycles. The third-order valence-electron chi connectivity index (χ3n) is 3.26. The summed E-state index contributed by atoms with van der Waals surface area (Å²) in [5.41, 5.74) is 0.940. The molecule has 0 unspecified atom stereocenters. The molecule has 0 bridgehead atoms. The lowest BCUT2D eigenvalue weighted by Crippen LogP contribution is -2.26. The first-order valence-corrected chi connectivity index (χ1v) is 7.12. The Morgan fingerprint density at radius 2 is 2.05 bits per heavy atom. The minimum absolute atomic E-state index is 0.104. The number of carbonyl (C=O) groups is 1. The summed E-state index contributed by atoms with van der Waals surface area (Å²) in [5.74, 6) is -0.355. The SMILES string of the molecule is COCCCNC(=O)/C(C#N)=C/c1ccc2ccccc2c1. The highest BCUT2D eigenvalue weighted by atomic mass is 16.5. The number of hydrogen-bond donors (Lipinski definition) is 1. The van der Waals surface area contributed by atoms with E-state index in [1.807, 2.05) is 48.5 Å². The summed E-state index contributed by atoms with van der Waals surface area (Å²) in [6.45, 7) is 1.07. The molecule has 1 amide bonds. The van der Waals surface area contributed by atoms with Gasteiger partial charge < -0.3 is 10.1 Å². The van der Waals surface area contributed by atoms with Gasteiger partial charge >= 0.3 is 0 Å². The van der Waals surface area contributed by atoms with Crippen molar-refractivity contribution < 1.29 is 9.53 Å². The zero-order chi connectivity index (χ0) is 15.8. The van der Waals surface area contributed by atoms with Gasteiger partial charge in [-0.05, 0) is 34.9 Å². The van der Waals surface area contributed by atoms with Crippen molar-refractivity contribution in [1.82, 2.24) is 5.32 Å². The highest BCUT2D eigenvalue weighted by Gasteiger charge is 2.08. The number of ether oxygens (including phenoxy) is 1. The lowest BCUT2D eigenvalue weighted by atomic mass is 10.1. The van der Waals surface area contributed by atoms with Gasteiger partial charge in [-0.3, -0.25) is 4.79 Å². The molecule has 1 N–H and O–H groups in total. The molecule has 0 radical (unpaired) electrons. The summed E-state index contributed by atoms with van der Waals surface area (Å²) < 4.78 is 4.92. The average Bonchev–Trinajstić information content (AvgIpc) is 2.56. The van der Waals surface area contributed by atoms with Crippen LogP contribution in [0.15, 0.2) is 48.0 Å². The number of rotatable bonds is 6. The molecule has 22 heavy (non-hydrogen) atoms. The number of nitrogens with zero attached hydrogens (tertiary/aromatic N) is 1. The van der Waals surface area contributed by atoms with Crippen LogP contribution >= 0.6 is 0 Å². The van der Waals surface area contributed by atoms with Crippen LogP contribution < -0.4 is 5.32 Å². The quantitative estimate of drug-likeness (QED) is 0.506. The van der Waals surface area contributed by atoms with Gasteiger partial charge in [-0.15, -0.1) is 0 Å². The molecule has 0 aliphatic heterocycles. The van der Waals surface area contributed by atoms with Crippen molar-refractivity contribution in [3.05, 3.63) is 53.6 Å². The van der Waals surface area contributed by atoms with Crippen molar-refractivity contribution in [2.75, 3.05) is 20.3 Å². The van der Waals surface area contributed by atoms with E-state index in [0.29, 0.717) is 13.2 Å². The summed E-state index contributed by atoms with van der Waals surface area (Å²) >= 11 is 0. The maximum atomic E-state index is 12.0. The molecule has 112 valence electrons.